The molecule has 1 aromatic carbocycles. The lowest BCUT2D eigenvalue weighted by atomic mass is 9.53. The van der Waals surface area contributed by atoms with Crippen LogP contribution in [0.25, 0.3) is 0 Å². The summed E-state index contributed by atoms with van der Waals surface area (Å²) in [4.78, 5) is 34.3. The minimum absolute atomic E-state index is 0.0134. The van der Waals surface area contributed by atoms with Gasteiger partial charge in [0.1, 0.15) is 0 Å². The van der Waals surface area contributed by atoms with Crippen LogP contribution in [0.2, 0.25) is 0 Å². The number of nitro benzene ring substituents is 1. The highest BCUT2D eigenvalue weighted by Crippen LogP contribution is 2.55. The Morgan fingerprint density at radius 2 is 1.76 bits per heavy atom. The summed E-state index contributed by atoms with van der Waals surface area (Å²) in [6.07, 6.45) is 7.06. The van der Waals surface area contributed by atoms with Crippen molar-refractivity contribution in [2.24, 2.45) is 17.8 Å². The average Bonchev–Trinajstić information content (AvgIpc) is 2.61. The second kappa shape index (κ2) is 7.61. The van der Waals surface area contributed by atoms with E-state index in [-0.39, 0.29) is 30.2 Å². The van der Waals surface area contributed by atoms with Gasteiger partial charge in [0, 0.05) is 30.3 Å². The lowest BCUT2D eigenvalue weighted by molar-refractivity contribution is -0.387. The average molecular weight is 404 g/mol. The molecule has 0 spiro atoms. The molecule has 3 amide bonds. The van der Waals surface area contributed by atoms with E-state index < -0.39 is 22.3 Å². The molecule has 0 atom stereocenters. The maximum absolute atomic E-state index is 13.3. The SMILES string of the molecule is O=C(CCNC(=O)NC12CC3CC(CC(C3)C1)C2)Nc1ccc(F)c([N+](=O)[O-])c1. The molecule has 4 aliphatic carbocycles. The van der Waals surface area contributed by atoms with Crippen LogP contribution < -0.4 is 16.0 Å². The maximum Gasteiger partial charge on any atom is 0.315 e. The Kier molecular flexibility index (Phi) is 5.14. The number of nitrogens with zero attached hydrogens (tertiary/aromatic N) is 1. The fourth-order valence-electron chi connectivity index (χ4n) is 5.79. The standard InChI is InChI=1S/C20H25FN4O4/c21-16-2-1-15(8-17(16)25(28)29)23-18(26)3-4-22-19(27)24-20-9-12-5-13(10-20)7-14(6-12)11-20/h1-2,8,12-14H,3-7,9-11H2,(H,23,26)(H2,22,24,27). The predicted molar refractivity (Wildman–Crippen MR) is 104 cm³/mol. The quantitative estimate of drug-likeness (QED) is 0.498. The number of urea groups is 1. The van der Waals surface area contributed by atoms with Crippen LogP contribution in [0.3, 0.4) is 0 Å². The lowest BCUT2D eigenvalue weighted by Gasteiger charge is -2.56. The molecule has 0 unspecified atom stereocenters. The molecule has 4 aliphatic rings. The van der Waals surface area contributed by atoms with E-state index >= 15 is 0 Å². The Hall–Kier alpha value is -2.71. The number of hydrogen-bond acceptors (Lipinski definition) is 4. The van der Waals surface area contributed by atoms with E-state index in [0.717, 1.165) is 49.1 Å². The highest BCUT2D eigenvalue weighted by molar-refractivity contribution is 5.91. The van der Waals surface area contributed by atoms with Gasteiger partial charge in [0.15, 0.2) is 0 Å². The number of halogens is 1. The highest BCUT2D eigenvalue weighted by Gasteiger charge is 2.51. The molecule has 29 heavy (non-hydrogen) atoms. The summed E-state index contributed by atoms with van der Waals surface area (Å²) < 4.78 is 13.3. The predicted octanol–water partition coefficient (Wildman–Crippen LogP) is 3.33. The van der Waals surface area contributed by atoms with E-state index in [9.17, 15) is 24.1 Å². The molecule has 1 aromatic rings. The molecule has 9 heteroatoms. The maximum atomic E-state index is 13.3. The van der Waals surface area contributed by atoms with Gasteiger partial charge in [-0.1, -0.05) is 0 Å². The van der Waals surface area contributed by atoms with E-state index in [1.807, 2.05) is 0 Å². The number of carbonyl (C=O) groups is 2. The van der Waals surface area contributed by atoms with Crippen LogP contribution in [0.1, 0.15) is 44.9 Å². The number of hydrogen-bond donors (Lipinski definition) is 3. The van der Waals surface area contributed by atoms with Gasteiger partial charge in [0.2, 0.25) is 11.7 Å². The summed E-state index contributed by atoms with van der Waals surface area (Å²) in [7, 11) is 0. The third-order valence-electron chi connectivity index (χ3n) is 6.48. The Labute approximate surface area is 167 Å². The number of benzene rings is 1. The lowest BCUT2D eigenvalue weighted by Crippen LogP contribution is -2.61. The van der Waals surface area contributed by atoms with Gasteiger partial charge in [-0.2, -0.15) is 4.39 Å². The largest absolute Gasteiger partial charge is 0.338 e. The third-order valence-corrected chi connectivity index (χ3v) is 6.48. The molecule has 4 fully saturated rings. The minimum atomic E-state index is -0.962. The minimum Gasteiger partial charge on any atom is -0.338 e. The summed E-state index contributed by atoms with van der Waals surface area (Å²) in [5.41, 5.74) is -0.647. The zero-order valence-corrected chi connectivity index (χ0v) is 16.1. The molecule has 0 heterocycles. The van der Waals surface area contributed by atoms with Crippen molar-refractivity contribution in [1.29, 1.82) is 0 Å². The summed E-state index contributed by atoms with van der Waals surface area (Å²) in [5, 5.41) is 19.2. The highest BCUT2D eigenvalue weighted by atomic mass is 19.1. The molecule has 0 aliphatic heterocycles. The molecular formula is C20H25FN4O4. The van der Waals surface area contributed by atoms with Crippen molar-refractivity contribution in [1.82, 2.24) is 10.6 Å². The van der Waals surface area contributed by atoms with Crippen LogP contribution in [0.4, 0.5) is 20.6 Å². The van der Waals surface area contributed by atoms with Crippen LogP contribution in [0, 0.1) is 33.7 Å². The van der Waals surface area contributed by atoms with Gasteiger partial charge in [-0.15, -0.1) is 0 Å². The summed E-state index contributed by atoms with van der Waals surface area (Å²) in [5.74, 6) is 0.809. The van der Waals surface area contributed by atoms with E-state index in [0.29, 0.717) is 0 Å². The zero-order chi connectivity index (χ0) is 20.6. The number of nitrogens with one attached hydrogen (secondary N) is 3. The summed E-state index contributed by atoms with van der Waals surface area (Å²) >= 11 is 0. The van der Waals surface area contributed by atoms with Crippen molar-refractivity contribution in [3.63, 3.8) is 0 Å². The van der Waals surface area contributed by atoms with Gasteiger partial charge in [0.25, 0.3) is 0 Å². The Morgan fingerprint density at radius 3 is 2.34 bits per heavy atom. The molecule has 4 saturated carbocycles. The first kappa shape index (κ1) is 19.6. The van der Waals surface area contributed by atoms with Crippen molar-refractivity contribution < 1.29 is 18.9 Å². The van der Waals surface area contributed by atoms with Crippen LogP contribution in [0.15, 0.2) is 18.2 Å². The molecule has 0 aromatic heterocycles. The second-order valence-corrected chi connectivity index (χ2v) is 8.80. The molecule has 8 nitrogen and oxygen atoms in total. The molecule has 4 bridgehead atoms. The van der Waals surface area contributed by atoms with Gasteiger partial charge >= 0.3 is 11.7 Å². The van der Waals surface area contributed by atoms with Crippen LogP contribution in [0.5, 0.6) is 0 Å². The first-order chi connectivity index (χ1) is 13.8. The van der Waals surface area contributed by atoms with Crippen LogP contribution in [-0.4, -0.2) is 28.9 Å². The number of nitro groups is 1. The summed E-state index contributed by atoms with van der Waals surface area (Å²) in [6, 6.07) is 2.91. The first-order valence-electron chi connectivity index (χ1n) is 10.1. The molecule has 0 radical (unpaired) electrons. The molecular weight excluding hydrogens is 379 g/mol. The fourth-order valence-corrected chi connectivity index (χ4v) is 5.79. The van der Waals surface area contributed by atoms with Crippen LogP contribution in [-0.2, 0) is 4.79 Å². The smallest absolute Gasteiger partial charge is 0.315 e. The van der Waals surface area contributed by atoms with E-state index in [1.165, 1.54) is 25.3 Å². The third kappa shape index (κ3) is 4.33. The number of carbonyl (C=O) groups excluding carboxylic acids is 2. The van der Waals surface area contributed by atoms with Crippen molar-refractivity contribution in [2.45, 2.75) is 50.5 Å². The zero-order valence-electron chi connectivity index (χ0n) is 16.1. The number of rotatable bonds is 6. The van der Waals surface area contributed by atoms with Gasteiger partial charge in [-0.05, 0) is 68.4 Å². The van der Waals surface area contributed by atoms with Gasteiger partial charge in [-0.25, -0.2) is 4.79 Å². The molecule has 0 saturated heterocycles. The van der Waals surface area contributed by atoms with Gasteiger partial charge in [0.05, 0.1) is 4.92 Å². The van der Waals surface area contributed by atoms with Gasteiger partial charge < -0.3 is 16.0 Å². The van der Waals surface area contributed by atoms with E-state index in [1.54, 1.807) is 0 Å². The monoisotopic (exact) mass is 404 g/mol. The Morgan fingerprint density at radius 1 is 1.14 bits per heavy atom. The van der Waals surface area contributed by atoms with Crippen molar-refractivity contribution >= 4 is 23.3 Å². The van der Waals surface area contributed by atoms with E-state index in [4.69, 9.17) is 0 Å². The van der Waals surface area contributed by atoms with Crippen molar-refractivity contribution in [3.8, 4) is 0 Å². The van der Waals surface area contributed by atoms with Crippen molar-refractivity contribution in [3.05, 3.63) is 34.1 Å². The number of amides is 3. The Balaban J connectivity index is 1.23. The summed E-state index contributed by atoms with van der Waals surface area (Å²) in [6.45, 7) is 0.146. The van der Waals surface area contributed by atoms with Crippen molar-refractivity contribution in [2.75, 3.05) is 11.9 Å². The second-order valence-electron chi connectivity index (χ2n) is 8.80. The Bertz CT molecular complexity index is 808. The fraction of sp³-hybridized carbons (Fsp3) is 0.600. The molecule has 156 valence electrons. The number of anilines is 1. The van der Waals surface area contributed by atoms with E-state index in [2.05, 4.69) is 16.0 Å². The van der Waals surface area contributed by atoms with Crippen LogP contribution >= 0.6 is 0 Å². The topological polar surface area (TPSA) is 113 Å². The normalized spacial score (nSPS) is 29.3. The first-order valence-corrected chi connectivity index (χ1v) is 10.1. The van der Waals surface area contributed by atoms with Gasteiger partial charge in [-0.3, -0.25) is 14.9 Å². The molecule has 3 N–H and O–H groups in total. The molecule has 5 rings (SSSR count).